The third kappa shape index (κ3) is 4.09. The minimum absolute atomic E-state index is 0.0753. The van der Waals surface area contributed by atoms with Crippen molar-refractivity contribution in [3.8, 4) is 0 Å². The van der Waals surface area contributed by atoms with Crippen LogP contribution in [0.25, 0.3) is 10.9 Å². The van der Waals surface area contributed by atoms with Crippen LogP contribution >= 0.6 is 0 Å². The molecule has 1 aliphatic rings. The van der Waals surface area contributed by atoms with E-state index in [4.69, 9.17) is 4.74 Å². The normalized spacial score (nSPS) is 14.4. The smallest absolute Gasteiger partial charge is 0.306 e. The molecule has 26 heavy (non-hydrogen) atoms. The van der Waals surface area contributed by atoms with E-state index in [2.05, 4.69) is 4.98 Å². The Hall–Kier alpha value is -2.70. The van der Waals surface area contributed by atoms with Gasteiger partial charge in [0.05, 0.1) is 17.3 Å². The monoisotopic (exact) mass is 357 g/mol. The number of carbonyl (C=O) groups is 2. The van der Waals surface area contributed by atoms with Crippen LogP contribution in [0.3, 0.4) is 0 Å². The summed E-state index contributed by atoms with van der Waals surface area (Å²) in [4.78, 5) is 41.9. The molecule has 0 bridgehead atoms. The van der Waals surface area contributed by atoms with Gasteiger partial charge < -0.3 is 14.2 Å². The molecule has 1 aromatic heterocycles. The predicted molar refractivity (Wildman–Crippen MR) is 96.7 cm³/mol. The topological polar surface area (TPSA) is 81.5 Å². The third-order valence-electron chi connectivity index (χ3n) is 4.73. The van der Waals surface area contributed by atoms with Gasteiger partial charge in [0.1, 0.15) is 5.82 Å². The summed E-state index contributed by atoms with van der Waals surface area (Å²) in [5.41, 5.74) is 0.471. The molecule has 1 saturated heterocycles. The lowest BCUT2D eigenvalue weighted by molar-refractivity contribution is -0.152. The largest absolute Gasteiger partial charge is 0.456 e. The maximum absolute atomic E-state index is 12.1. The van der Waals surface area contributed by atoms with Gasteiger partial charge in [0.25, 0.3) is 11.5 Å². The van der Waals surface area contributed by atoms with E-state index >= 15 is 0 Å². The summed E-state index contributed by atoms with van der Waals surface area (Å²) >= 11 is 0. The Morgan fingerprint density at radius 1 is 1.15 bits per heavy atom. The zero-order chi connectivity index (χ0) is 18.5. The summed E-state index contributed by atoms with van der Waals surface area (Å²) in [5, 5.41) is 0.549. The van der Waals surface area contributed by atoms with E-state index in [0.717, 1.165) is 37.9 Å². The summed E-state index contributed by atoms with van der Waals surface area (Å²) in [7, 11) is 1.81. The molecule has 0 unspecified atom stereocenters. The van der Waals surface area contributed by atoms with E-state index < -0.39 is 5.97 Å². The van der Waals surface area contributed by atoms with Crippen molar-refractivity contribution >= 4 is 22.8 Å². The molecule has 1 amide bonds. The molecule has 2 heterocycles. The molecule has 3 rings (SSSR count). The highest BCUT2D eigenvalue weighted by molar-refractivity contribution is 5.81. The lowest BCUT2D eigenvalue weighted by Gasteiger charge is -2.26. The second-order valence-corrected chi connectivity index (χ2v) is 6.51. The number of benzene rings is 1. The Kier molecular flexibility index (Phi) is 5.65. The standard InChI is InChI=1S/C19H23N3O4/c1-21-15-8-4-3-7-14(15)19(25)20-16(21)9-10-18(24)26-13-17(23)22-11-5-2-6-12-22/h3-4,7-8H,2,5-6,9-13H2,1H3. The first kappa shape index (κ1) is 18.1. The van der Waals surface area contributed by atoms with Crippen LogP contribution in [0.1, 0.15) is 31.5 Å². The Morgan fingerprint density at radius 2 is 1.88 bits per heavy atom. The van der Waals surface area contributed by atoms with Gasteiger partial charge >= 0.3 is 5.97 Å². The van der Waals surface area contributed by atoms with E-state index in [1.165, 1.54) is 0 Å². The molecule has 138 valence electrons. The van der Waals surface area contributed by atoms with Crippen LogP contribution in [0.15, 0.2) is 29.1 Å². The van der Waals surface area contributed by atoms with E-state index in [0.29, 0.717) is 11.2 Å². The highest BCUT2D eigenvalue weighted by Gasteiger charge is 2.18. The number of piperidine rings is 1. The average molecular weight is 357 g/mol. The number of aromatic nitrogens is 2. The quantitative estimate of drug-likeness (QED) is 0.756. The van der Waals surface area contributed by atoms with Crippen LogP contribution in [0, 0.1) is 0 Å². The summed E-state index contributed by atoms with van der Waals surface area (Å²) in [6, 6.07) is 7.22. The van der Waals surface area contributed by atoms with Gasteiger partial charge in [0, 0.05) is 26.6 Å². The molecule has 0 atom stereocenters. The van der Waals surface area contributed by atoms with Crippen molar-refractivity contribution in [3.05, 3.63) is 40.4 Å². The zero-order valence-electron chi connectivity index (χ0n) is 14.9. The molecule has 0 saturated carbocycles. The lowest BCUT2D eigenvalue weighted by atomic mass is 10.1. The van der Waals surface area contributed by atoms with Gasteiger partial charge in [0.2, 0.25) is 0 Å². The van der Waals surface area contributed by atoms with Gasteiger partial charge in [-0.2, -0.15) is 4.98 Å². The number of rotatable bonds is 5. The summed E-state index contributed by atoms with van der Waals surface area (Å²) < 4.78 is 6.90. The van der Waals surface area contributed by atoms with E-state index in [1.54, 1.807) is 17.0 Å². The van der Waals surface area contributed by atoms with Crippen LogP contribution < -0.4 is 5.56 Å². The molecule has 1 aromatic carbocycles. The highest BCUT2D eigenvalue weighted by Crippen LogP contribution is 2.11. The van der Waals surface area contributed by atoms with Gasteiger partial charge in [-0.15, -0.1) is 0 Å². The van der Waals surface area contributed by atoms with Gasteiger partial charge in [-0.05, 0) is 31.4 Å². The number of hydrogen-bond donors (Lipinski definition) is 0. The number of para-hydroxylation sites is 1. The molecule has 7 nitrogen and oxygen atoms in total. The minimum atomic E-state index is -0.460. The maximum atomic E-state index is 12.1. The molecule has 1 fully saturated rings. The van der Waals surface area contributed by atoms with Gasteiger partial charge in [-0.3, -0.25) is 14.4 Å². The molecule has 0 aliphatic carbocycles. The van der Waals surface area contributed by atoms with Crippen molar-refractivity contribution in [2.75, 3.05) is 19.7 Å². The number of amides is 1. The van der Waals surface area contributed by atoms with E-state index in [1.807, 2.05) is 23.7 Å². The van der Waals surface area contributed by atoms with Crippen LogP contribution in [0.5, 0.6) is 0 Å². The van der Waals surface area contributed by atoms with Crippen LogP contribution in [-0.2, 0) is 27.8 Å². The Balaban J connectivity index is 1.56. The average Bonchev–Trinajstić information content (AvgIpc) is 2.68. The Morgan fingerprint density at radius 3 is 2.65 bits per heavy atom. The number of carbonyl (C=O) groups excluding carboxylic acids is 2. The Bertz CT molecular complexity index is 869. The fourth-order valence-corrected chi connectivity index (χ4v) is 3.22. The second kappa shape index (κ2) is 8.12. The van der Waals surface area contributed by atoms with Gasteiger partial charge in [0.15, 0.2) is 6.61 Å². The summed E-state index contributed by atoms with van der Waals surface area (Å²) in [6.07, 6.45) is 3.50. The molecule has 0 radical (unpaired) electrons. The first-order valence-corrected chi connectivity index (χ1v) is 8.94. The third-order valence-corrected chi connectivity index (χ3v) is 4.73. The van der Waals surface area contributed by atoms with Crippen molar-refractivity contribution in [1.29, 1.82) is 0 Å². The number of hydrogen-bond acceptors (Lipinski definition) is 5. The first-order chi connectivity index (χ1) is 12.6. The lowest BCUT2D eigenvalue weighted by Crippen LogP contribution is -2.38. The molecule has 0 N–H and O–H groups in total. The molecule has 0 spiro atoms. The summed E-state index contributed by atoms with van der Waals surface area (Å²) in [6.45, 7) is 1.25. The van der Waals surface area contributed by atoms with Crippen LogP contribution in [-0.4, -0.2) is 46.0 Å². The number of likely N-dealkylation sites (tertiary alicyclic amines) is 1. The fraction of sp³-hybridized carbons (Fsp3) is 0.474. The zero-order valence-corrected chi connectivity index (χ0v) is 14.9. The van der Waals surface area contributed by atoms with Crippen molar-refractivity contribution in [2.24, 2.45) is 7.05 Å². The van der Waals surface area contributed by atoms with E-state index in [9.17, 15) is 14.4 Å². The number of fused-ring (bicyclic) bond motifs is 1. The number of esters is 1. The van der Waals surface area contributed by atoms with Crippen LogP contribution in [0.2, 0.25) is 0 Å². The molecular formula is C19H23N3O4. The van der Waals surface area contributed by atoms with Crippen molar-refractivity contribution < 1.29 is 14.3 Å². The van der Waals surface area contributed by atoms with Crippen molar-refractivity contribution in [2.45, 2.75) is 32.1 Å². The second-order valence-electron chi connectivity index (χ2n) is 6.51. The molecule has 7 heteroatoms. The van der Waals surface area contributed by atoms with Crippen molar-refractivity contribution in [1.82, 2.24) is 14.5 Å². The number of nitrogens with zero attached hydrogens (tertiary/aromatic N) is 3. The predicted octanol–water partition coefficient (Wildman–Crippen LogP) is 1.42. The first-order valence-electron chi connectivity index (χ1n) is 8.94. The molecular weight excluding hydrogens is 334 g/mol. The van der Waals surface area contributed by atoms with Crippen LogP contribution in [0.4, 0.5) is 0 Å². The Labute approximate surface area is 151 Å². The molecule has 2 aromatic rings. The molecule has 1 aliphatic heterocycles. The highest BCUT2D eigenvalue weighted by atomic mass is 16.5. The minimum Gasteiger partial charge on any atom is -0.456 e. The summed E-state index contributed by atoms with van der Waals surface area (Å²) in [5.74, 6) is -0.0833. The van der Waals surface area contributed by atoms with Crippen molar-refractivity contribution in [3.63, 3.8) is 0 Å². The number of aryl methyl sites for hydroxylation is 2. The van der Waals surface area contributed by atoms with E-state index in [-0.39, 0.29) is 30.9 Å². The SMILES string of the molecule is Cn1c(CCC(=O)OCC(=O)N2CCCCC2)nc(=O)c2ccccc21. The van der Waals surface area contributed by atoms with Gasteiger partial charge in [-0.1, -0.05) is 12.1 Å². The van der Waals surface area contributed by atoms with Gasteiger partial charge in [-0.25, -0.2) is 0 Å². The maximum Gasteiger partial charge on any atom is 0.306 e. The fourth-order valence-electron chi connectivity index (χ4n) is 3.22. The number of ether oxygens (including phenoxy) is 1.